The monoisotopic (exact) mass is 187 g/mol. The summed E-state index contributed by atoms with van der Waals surface area (Å²) in [5.74, 6) is 0. The number of nitrogens with two attached hydrogens (primary N) is 1. The predicted octanol–water partition coefficient (Wildman–Crippen LogP) is 1.60. The van der Waals surface area contributed by atoms with Gasteiger partial charge in [-0.1, -0.05) is 6.07 Å². The van der Waals surface area contributed by atoms with E-state index < -0.39 is 0 Å². The van der Waals surface area contributed by atoms with Crippen LogP contribution in [0, 0.1) is 5.41 Å². The first-order valence-electron chi connectivity index (χ1n) is 4.64. The van der Waals surface area contributed by atoms with Crippen LogP contribution in [0.2, 0.25) is 0 Å². The molecule has 2 rings (SSSR count). The molecule has 4 N–H and O–H groups in total. The van der Waals surface area contributed by atoms with E-state index in [9.17, 15) is 0 Å². The van der Waals surface area contributed by atoms with Crippen LogP contribution >= 0.6 is 0 Å². The fraction of sp³-hybridized carbons (Fsp3) is 0.182. The molecule has 0 bridgehead atoms. The highest BCUT2D eigenvalue weighted by molar-refractivity contribution is 6.08. The number of allylic oxidation sites excluding steroid dienone is 1. The van der Waals surface area contributed by atoms with Crippen molar-refractivity contribution in [3.05, 3.63) is 35.5 Å². The summed E-state index contributed by atoms with van der Waals surface area (Å²) >= 11 is 0. The van der Waals surface area contributed by atoms with Crippen LogP contribution in [-0.4, -0.2) is 12.8 Å². The van der Waals surface area contributed by atoms with Crippen LogP contribution in [0.4, 0.5) is 5.69 Å². The summed E-state index contributed by atoms with van der Waals surface area (Å²) in [5, 5.41) is 10.5. The first kappa shape index (κ1) is 8.81. The van der Waals surface area contributed by atoms with Crippen molar-refractivity contribution >= 4 is 17.5 Å². The zero-order valence-corrected chi connectivity index (χ0v) is 7.88. The molecule has 0 spiro atoms. The van der Waals surface area contributed by atoms with Gasteiger partial charge in [-0.2, -0.15) is 0 Å². The standard InChI is InChI=1S/C11H13N3/c12-6-10(7-13)8-1-2-11-9(5-8)3-4-14-11/h1-2,5-7,12,14H,3-4,13H2/b10-7+,12-6?. The average Bonchev–Trinajstić information content (AvgIpc) is 2.66. The molecule has 1 aliphatic rings. The van der Waals surface area contributed by atoms with Crippen molar-refractivity contribution < 1.29 is 0 Å². The minimum absolute atomic E-state index is 0.764. The maximum atomic E-state index is 7.21. The van der Waals surface area contributed by atoms with Crippen molar-refractivity contribution in [1.82, 2.24) is 0 Å². The summed E-state index contributed by atoms with van der Waals surface area (Å²) in [6, 6.07) is 6.13. The molecule has 3 nitrogen and oxygen atoms in total. The Morgan fingerprint density at radius 1 is 1.50 bits per heavy atom. The highest BCUT2D eigenvalue weighted by Gasteiger charge is 2.10. The second-order valence-corrected chi connectivity index (χ2v) is 3.32. The van der Waals surface area contributed by atoms with E-state index in [4.69, 9.17) is 11.1 Å². The Bertz CT molecular complexity index is 394. The Morgan fingerprint density at radius 2 is 2.36 bits per heavy atom. The maximum absolute atomic E-state index is 7.21. The molecule has 3 heteroatoms. The van der Waals surface area contributed by atoms with Gasteiger partial charge >= 0.3 is 0 Å². The third kappa shape index (κ3) is 1.37. The van der Waals surface area contributed by atoms with E-state index in [0.717, 1.165) is 24.1 Å². The van der Waals surface area contributed by atoms with Gasteiger partial charge in [-0.15, -0.1) is 0 Å². The minimum atomic E-state index is 0.764. The van der Waals surface area contributed by atoms with Crippen molar-refractivity contribution in [2.24, 2.45) is 5.73 Å². The van der Waals surface area contributed by atoms with Crippen molar-refractivity contribution in [1.29, 1.82) is 5.41 Å². The highest BCUT2D eigenvalue weighted by atomic mass is 14.9. The van der Waals surface area contributed by atoms with E-state index >= 15 is 0 Å². The summed E-state index contributed by atoms with van der Waals surface area (Å²) in [4.78, 5) is 0. The topological polar surface area (TPSA) is 61.9 Å². The van der Waals surface area contributed by atoms with Crippen molar-refractivity contribution in [3.8, 4) is 0 Å². The number of rotatable bonds is 2. The third-order valence-electron chi connectivity index (χ3n) is 2.48. The van der Waals surface area contributed by atoms with E-state index in [-0.39, 0.29) is 0 Å². The lowest BCUT2D eigenvalue weighted by Gasteiger charge is -2.04. The number of hydrogen-bond donors (Lipinski definition) is 3. The van der Waals surface area contributed by atoms with Crippen LogP contribution in [0.1, 0.15) is 11.1 Å². The summed E-state index contributed by atoms with van der Waals surface area (Å²) in [6.07, 6.45) is 3.81. The molecule has 0 aromatic heterocycles. The largest absolute Gasteiger partial charge is 0.404 e. The van der Waals surface area contributed by atoms with Gasteiger partial charge in [0.05, 0.1) is 0 Å². The van der Waals surface area contributed by atoms with E-state index in [1.54, 1.807) is 0 Å². The van der Waals surface area contributed by atoms with Crippen molar-refractivity contribution in [2.75, 3.05) is 11.9 Å². The molecule has 0 amide bonds. The van der Waals surface area contributed by atoms with E-state index in [2.05, 4.69) is 11.4 Å². The van der Waals surface area contributed by atoms with Gasteiger partial charge in [-0.05, 0) is 29.7 Å². The number of fused-ring (bicyclic) bond motifs is 1. The van der Waals surface area contributed by atoms with Gasteiger partial charge in [0.25, 0.3) is 0 Å². The first-order chi connectivity index (χ1) is 6.85. The number of benzene rings is 1. The smallest absolute Gasteiger partial charge is 0.0373 e. The van der Waals surface area contributed by atoms with Crippen LogP contribution in [0.5, 0.6) is 0 Å². The minimum Gasteiger partial charge on any atom is -0.404 e. The molecule has 0 atom stereocenters. The van der Waals surface area contributed by atoms with Gasteiger partial charge in [-0.3, -0.25) is 0 Å². The molecule has 1 aromatic carbocycles. The Morgan fingerprint density at radius 3 is 3.07 bits per heavy atom. The Kier molecular flexibility index (Phi) is 2.23. The van der Waals surface area contributed by atoms with Gasteiger partial charge in [0.1, 0.15) is 0 Å². The van der Waals surface area contributed by atoms with Gasteiger partial charge < -0.3 is 16.5 Å². The maximum Gasteiger partial charge on any atom is 0.0373 e. The normalized spacial score (nSPS) is 14.7. The van der Waals surface area contributed by atoms with Gasteiger partial charge in [0.15, 0.2) is 0 Å². The lowest BCUT2D eigenvalue weighted by molar-refractivity contribution is 1.11. The number of nitrogens with one attached hydrogen (secondary N) is 2. The molecular weight excluding hydrogens is 174 g/mol. The number of hydrogen-bond acceptors (Lipinski definition) is 3. The molecule has 14 heavy (non-hydrogen) atoms. The lowest BCUT2D eigenvalue weighted by atomic mass is 10.0. The average molecular weight is 187 g/mol. The second kappa shape index (κ2) is 3.54. The fourth-order valence-electron chi connectivity index (χ4n) is 1.71. The van der Waals surface area contributed by atoms with E-state index in [1.807, 2.05) is 12.1 Å². The van der Waals surface area contributed by atoms with Crippen molar-refractivity contribution in [2.45, 2.75) is 6.42 Å². The molecule has 0 aliphatic carbocycles. The highest BCUT2D eigenvalue weighted by Crippen LogP contribution is 2.25. The molecule has 1 aliphatic heterocycles. The van der Waals surface area contributed by atoms with Crippen LogP contribution in [0.3, 0.4) is 0 Å². The molecule has 72 valence electrons. The summed E-state index contributed by atoms with van der Waals surface area (Å²) in [6.45, 7) is 1.01. The van der Waals surface area contributed by atoms with Crippen LogP contribution < -0.4 is 11.1 Å². The molecular formula is C11H13N3. The third-order valence-corrected chi connectivity index (χ3v) is 2.48. The Labute approximate surface area is 83.1 Å². The Balaban J connectivity index is 2.42. The fourth-order valence-corrected chi connectivity index (χ4v) is 1.71. The molecule has 0 saturated heterocycles. The van der Waals surface area contributed by atoms with E-state index in [0.29, 0.717) is 0 Å². The zero-order valence-electron chi connectivity index (χ0n) is 7.88. The number of anilines is 1. The first-order valence-corrected chi connectivity index (χ1v) is 4.64. The lowest BCUT2D eigenvalue weighted by Crippen LogP contribution is -1.92. The Hall–Kier alpha value is -1.77. The second-order valence-electron chi connectivity index (χ2n) is 3.32. The molecule has 0 unspecified atom stereocenters. The molecule has 1 aromatic rings. The van der Waals surface area contributed by atoms with E-state index in [1.165, 1.54) is 23.7 Å². The summed E-state index contributed by atoms with van der Waals surface area (Å²) in [7, 11) is 0. The van der Waals surface area contributed by atoms with Crippen LogP contribution in [-0.2, 0) is 6.42 Å². The summed E-state index contributed by atoms with van der Waals surface area (Å²) in [5.41, 5.74) is 9.73. The van der Waals surface area contributed by atoms with Crippen LogP contribution in [0.25, 0.3) is 5.57 Å². The quantitative estimate of drug-likeness (QED) is 0.616. The molecule has 1 heterocycles. The van der Waals surface area contributed by atoms with Crippen molar-refractivity contribution in [3.63, 3.8) is 0 Å². The van der Waals surface area contributed by atoms with Gasteiger partial charge in [0.2, 0.25) is 0 Å². The SMILES string of the molecule is N=C/C(=C\N)c1ccc2c(c1)CCN2. The molecule has 0 saturated carbocycles. The van der Waals surface area contributed by atoms with Gasteiger partial charge in [0, 0.05) is 30.2 Å². The van der Waals surface area contributed by atoms with Crippen LogP contribution in [0.15, 0.2) is 24.4 Å². The zero-order chi connectivity index (χ0) is 9.97. The predicted molar refractivity (Wildman–Crippen MR) is 59.6 cm³/mol. The van der Waals surface area contributed by atoms with Gasteiger partial charge in [-0.25, -0.2) is 0 Å². The molecule has 0 fully saturated rings. The summed E-state index contributed by atoms with van der Waals surface area (Å²) < 4.78 is 0. The molecule has 0 radical (unpaired) electrons.